The second-order valence-electron chi connectivity index (χ2n) is 8.49. The number of sulfonamides is 1. The summed E-state index contributed by atoms with van der Waals surface area (Å²) in [6.07, 6.45) is 0.174. The van der Waals surface area contributed by atoms with Crippen molar-refractivity contribution >= 4 is 21.8 Å². The van der Waals surface area contributed by atoms with Gasteiger partial charge in [-0.2, -0.15) is 4.31 Å². The molecule has 0 spiro atoms. The Hall–Kier alpha value is -3.27. The third-order valence-electron chi connectivity index (χ3n) is 6.27. The molecular formula is C26H28N2O6S. The molecule has 2 heterocycles. The molecule has 9 heteroatoms. The Labute approximate surface area is 204 Å². The summed E-state index contributed by atoms with van der Waals surface area (Å²) in [6.45, 7) is 4.15. The molecule has 1 aliphatic heterocycles. The van der Waals surface area contributed by atoms with Gasteiger partial charge in [0.1, 0.15) is 6.54 Å². The average molecular weight is 497 g/mol. The molecule has 0 bridgehead atoms. The summed E-state index contributed by atoms with van der Waals surface area (Å²) in [5, 5.41) is 9.59. The molecule has 0 aliphatic carbocycles. The number of ether oxygens (including phenoxy) is 1. The maximum atomic E-state index is 13.5. The third kappa shape index (κ3) is 4.93. The predicted molar refractivity (Wildman–Crippen MR) is 131 cm³/mol. The van der Waals surface area contributed by atoms with Gasteiger partial charge in [0.25, 0.3) is 0 Å². The number of benzene rings is 2. The van der Waals surface area contributed by atoms with Crippen LogP contribution in [0.1, 0.15) is 34.1 Å². The van der Waals surface area contributed by atoms with Gasteiger partial charge < -0.3 is 14.4 Å². The second-order valence-corrected chi connectivity index (χ2v) is 10.4. The molecule has 8 nitrogen and oxygen atoms in total. The van der Waals surface area contributed by atoms with E-state index in [1.165, 1.54) is 11.2 Å². The monoisotopic (exact) mass is 496 g/mol. The van der Waals surface area contributed by atoms with Crippen LogP contribution in [0, 0.1) is 6.92 Å². The Morgan fingerprint density at radius 2 is 1.63 bits per heavy atom. The molecule has 0 radical (unpaired) electrons. The molecule has 1 fully saturated rings. The first-order chi connectivity index (χ1) is 16.7. The summed E-state index contributed by atoms with van der Waals surface area (Å²) >= 11 is 0. The number of carbonyl (C=O) groups is 2. The van der Waals surface area contributed by atoms with Crippen molar-refractivity contribution in [3.8, 4) is 11.3 Å². The van der Waals surface area contributed by atoms with E-state index < -0.39 is 16.0 Å². The molecule has 0 amide bonds. The van der Waals surface area contributed by atoms with Crippen molar-refractivity contribution in [1.29, 1.82) is 0 Å². The van der Waals surface area contributed by atoms with Crippen LogP contribution < -0.4 is 0 Å². The van der Waals surface area contributed by atoms with Gasteiger partial charge in [-0.3, -0.25) is 9.59 Å². The quantitative estimate of drug-likeness (QED) is 0.480. The predicted octanol–water partition coefficient (Wildman–Crippen LogP) is 3.36. The highest BCUT2D eigenvalue weighted by molar-refractivity contribution is 7.89. The van der Waals surface area contributed by atoms with Crippen LogP contribution in [0.3, 0.4) is 0 Å². The van der Waals surface area contributed by atoms with Gasteiger partial charge in [0, 0.05) is 30.8 Å². The van der Waals surface area contributed by atoms with Gasteiger partial charge in [-0.1, -0.05) is 48.5 Å². The van der Waals surface area contributed by atoms with E-state index in [9.17, 15) is 23.1 Å². The number of hydrogen-bond acceptors (Lipinski definition) is 5. The number of hydrogen-bond donors (Lipinski definition) is 1. The van der Waals surface area contributed by atoms with Crippen molar-refractivity contribution < 1.29 is 27.9 Å². The number of nitrogens with zero attached hydrogens (tertiary/aromatic N) is 2. The van der Waals surface area contributed by atoms with E-state index in [0.717, 1.165) is 5.56 Å². The molecular weight excluding hydrogens is 468 g/mol. The van der Waals surface area contributed by atoms with Crippen molar-refractivity contribution in [2.75, 3.05) is 26.3 Å². The Balaban J connectivity index is 1.88. The molecule has 1 N–H and O–H groups in total. The van der Waals surface area contributed by atoms with Crippen molar-refractivity contribution in [2.24, 2.45) is 0 Å². The van der Waals surface area contributed by atoms with Gasteiger partial charge >= 0.3 is 5.97 Å². The fourth-order valence-corrected chi connectivity index (χ4v) is 6.26. The summed E-state index contributed by atoms with van der Waals surface area (Å²) in [4.78, 5) is 24.8. The van der Waals surface area contributed by atoms with Crippen LogP contribution in [0.15, 0.2) is 59.5 Å². The number of rotatable bonds is 8. The molecule has 3 aromatic rings. The molecule has 35 heavy (non-hydrogen) atoms. The minimum atomic E-state index is -3.77. The van der Waals surface area contributed by atoms with Gasteiger partial charge in [0.15, 0.2) is 5.78 Å². The Morgan fingerprint density at radius 1 is 1.00 bits per heavy atom. The fourth-order valence-electron chi connectivity index (χ4n) is 4.63. The van der Waals surface area contributed by atoms with Crippen molar-refractivity contribution in [1.82, 2.24) is 8.87 Å². The normalized spacial score (nSPS) is 14.7. The lowest BCUT2D eigenvalue weighted by Crippen LogP contribution is -2.40. The van der Waals surface area contributed by atoms with Crippen LogP contribution >= 0.6 is 0 Å². The zero-order valence-electron chi connectivity index (χ0n) is 19.7. The number of carboxylic acids is 1. The maximum Gasteiger partial charge on any atom is 0.323 e. The highest BCUT2D eigenvalue weighted by Crippen LogP contribution is 2.35. The highest BCUT2D eigenvalue weighted by atomic mass is 32.2. The Bertz CT molecular complexity index is 1360. The minimum Gasteiger partial charge on any atom is -0.480 e. The number of aromatic nitrogens is 1. The summed E-state index contributed by atoms with van der Waals surface area (Å²) in [5.41, 5.74) is 3.46. The van der Waals surface area contributed by atoms with Crippen molar-refractivity contribution in [2.45, 2.75) is 31.7 Å². The van der Waals surface area contributed by atoms with E-state index in [1.807, 2.05) is 30.3 Å². The van der Waals surface area contributed by atoms with Crippen LogP contribution in [0.5, 0.6) is 0 Å². The zero-order valence-corrected chi connectivity index (χ0v) is 20.5. The summed E-state index contributed by atoms with van der Waals surface area (Å²) in [5.74, 6) is -1.24. The topological polar surface area (TPSA) is 106 Å². The first-order valence-corrected chi connectivity index (χ1v) is 12.8. The molecule has 0 atom stereocenters. The van der Waals surface area contributed by atoms with Crippen LogP contribution in [0.4, 0.5) is 0 Å². The van der Waals surface area contributed by atoms with E-state index in [0.29, 0.717) is 41.3 Å². The standard InChI is InChI=1S/C26H28N2O6S/c1-18-22(16-21-10-6-7-11-23(21)35(32,33)27-12-14-34-15-13-27)25(19(2)29)26(28(18)17-24(30)31)20-8-4-3-5-9-20/h3-11H,12-17H2,1-2H3,(H,30,31). The van der Waals surface area contributed by atoms with Gasteiger partial charge in [-0.05, 0) is 36.6 Å². The maximum absolute atomic E-state index is 13.5. The van der Waals surface area contributed by atoms with E-state index in [2.05, 4.69) is 0 Å². The Morgan fingerprint density at radius 3 is 2.26 bits per heavy atom. The first-order valence-electron chi connectivity index (χ1n) is 11.4. The highest BCUT2D eigenvalue weighted by Gasteiger charge is 2.30. The van der Waals surface area contributed by atoms with Crippen LogP contribution in [0.25, 0.3) is 11.3 Å². The number of carboxylic acid groups (broad SMARTS) is 1. The largest absolute Gasteiger partial charge is 0.480 e. The van der Waals surface area contributed by atoms with Crippen LogP contribution in [-0.4, -0.2) is 60.5 Å². The SMILES string of the molecule is CC(=O)c1c(Cc2ccccc2S(=O)(=O)N2CCOCC2)c(C)n(CC(=O)O)c1-c1ccccc1. The number of morpholine rings is 1. The zero-order chi connectivity index (χ0) is 25.2. The number of carbonyl (C=O) groups excluding carboxylic acids is 1. The van der Waals surface area contributed by atoms with E-state index in [-0.39, 0.29) is 36.7 Å². The molecule has 4 rings (SSSR count). The number of aliphatic carboxylic acids is 1. The Kier molecular flexibility index (Phi) is 7.20. The van der Waals surface area contributed by atoms with E-state index in [1.54, 1.807) is 35.8 Å². The lowest BCUT2D eigenvalue weighted by molar-refractivity contribution is -0.137. The molecule has 0 saturated carbocycles. The van der Waals surface area contributed by atoms with Crippen LogP contribution in [0.2, 0.25) is 0 Å². The van der Waals surface area contributed by atoms with Crippen LogP contribution in [-0.2, 0) is 32.5 Å². The summed E-state index contributed by atoms with van der Waals surface area (Å²) in [6, 6.07) is 15.9. The number of Topliss-reactive ketones (excluding diaryl/α,β-unsaturated/α-hetero) is 1. The van der Waals surface area contributed by atoms with E-state index in [4.69, 9.17) is 4.74 Å². The van der Waals surface area contributed by atoms with Gasteiger partial charge in [-0.15, -0.1) is 0 Å². The van der Waals surface area contributed by atoms with Gasteiger partial charge in [0.2, 0.25) is 10.0 Å². The van der Waals surface area contributed by atoms with Gasteiger partial charge in [0.05, 0.1) is 23.8 Å². The lowest BCUT2D eigenvalue weighted by atomic mass is 9.96. The molecule has 0 unspecified atom stereocenters. The fraction of sp³-hybridized carbons (Fsp3) is 0.308. The minimum absolute atomic E-state index is 0.174. The molecule has 2 aromatic carbocycles. The summed E-state index contributed by atoms with van der Waals surface area (Å²) in [7, 11) is -3.77. The molecule has 1 aromatic heterocycles. The third-order valence-corrected chi connectivity index (χ3v) is 8.27. The molecule has 184 valence electrons. The van der Waals surface area contributed by atoms with Crippen molar-refractivity contribution in [3.63, 3.8) is 0 Å². The van der Waals surface area contributed by atoms with Crippen molar-refractivity contribution in [3.05, 3.63) is 77.0 Å². The smallest absolute Gasteiger partial charge is 0.323 e. The number of ketones is 1. The molecule has 1 aliphatic rings. The lowest BCUT2D eigenvalue weighted by Gasteiger charge is -2.27. The average Bonchev–Trinajstić information content (AvgIpc) is 3.11. The second kappa shape index (κ2) is 10.2. The van der Waals surface area contributed by atoms with Gasteiger partial charge in [-0.25, -0.2) is 8.42 Å². The van der Waals surface area contributed by atoms with E-state index >= 15 is 0 Å². The first kappa shape index (κ1) is 24.8. The molecule has 1 saturated heterocycles. The summed E-state index contributed by atoms with van der Waals surface area (Å²) < 4.78 is 35.3.